The molecule has 19 heavy (non-hydrogen) atoms. The van der Waals surface area contributed by atoms with Crippen molar-refractivity contribution in [3.05, 3.63) is 13.6 Å². The molecule has 5 nitrogen and oxygen atoms in total. The van der Waals surface area contributed by atoms with Crippen molar-refractivity contribution in [3.63, 3.8) is 0 Å². The van der Waals surface area contributed by atoms with Gasteiger partial charge < -0.3 is 5.11 Å². The lowest BCUT2D eigenvalue weighted by Gasteiger charge is -2.25. The summed E-state index contributed by atoms with van der Waals surface area (Å²) in [5, 5.41) is 8.89. The van der Waals surface area contributed by atoms with Crippen LogP contribution in [0.5, 0.6) is 0 Å². The van der Waals surface area contributed by atoms with Crippen molar-refractivity contribution >= 4 is 59.2 Å². The van der Waals surface area contributed by atoms with Gasteiger partial charge in [0.15, 0.2) is 0 Å². The largest absolute Gasteiger partial charge is 0.480 e. The van der Waals surface area contributed by atoms with Gasteiger partial charge in [-0.05, 0) is 51.3 Å². The molecular formula is C10H13Br2NO4S2. The van der Waals surface area contributed by atoms with Crippen LogP contribution in [-0.2, 0) is 14.8 Å². The van der Waals surface area contributed by atoms with E-state index >= 15 is 0 Å². The number of hydrogen-bond acceptors (Lipinski definition) is 4. The third kappa shape index (κ3) is 4.01. The molecule has 1 N–H and O–H groups in total. The Morgan fingerprint density at radius 2 is 2.11 bits per heavy atom. The number of carboxylic acid groups (broad SMARTS) is 1. The quantitative estimate of drug-likeness (QED) is 0.746. The van der Waals surface area contributed by atoms with E-state index in [4.69, 9.17) is 5.11 Å². The first-order valence-corrected chi connectivity index (χ1v) is 9.22. The number of sulfonamides is 1. The van der Waals surface area contributed by atoms with Gasteiger partial charge in [-0.1, -0.05) is 6.92 Å². The molecule has 0 aliphatic rings. The Morgan fingerprint density at radius 1 is 1.53 bits per heavy atom. The lowest BCUT2D eigenvalue weighted by molar-refractivity contribution is -0.137. The van der Waals surface area contributed by atoms with E-state index in [1.165, 1.54) is 17.4 Å². The Labute approximate surface area is 132 Å². The Kier molecular flexibility index (Phi) is 5.99. The maximum atomic E-state index is 12.5. The molecule has 1 unspecified atom stereocenters. The summed E-state index contributed by atoms with van der Waals surface area (Å²) >= 11 is 7.64. The highest BCUT2D eigenvalue weighted by Crippen LogP contribution is 2.36. The number of carboxylic acids is 1. The summed E-state index contributed by atoms with van der Waals surface area (Å²) in [4.78, 5) is 11.0. The first kappa shape index (κ1) is 17.1. The van der Waals surface area contributed by atoms with E-state index in [1.54, 1.807) is 6.92 Å². The normalized spacial score (nSPS) is 13.7. The average Bonchev–Trinajstić information content (AvgIpc) is 2.64. The highest BCUT2D eigenvalue weighted by atomic mass is 79.9. The van der Waals surface area contributed by atoms with Gasteiger partial charge in [0.2, 0.25) is 10.0 Å². The Bertz CT molecular complexity index is 570. The fraction of sp³-hybridized carbons (Fsp3) is 0.500. The SMILES string of the molecule is CCC(C)N(CC(=O)O)S(=O)(=O)c1cc(Br)sc1Br. The zero-order valence-electron chi connectivity index (χ0n) is 10.3. The van der Waals surface area contributed by atoms with Gasteiger partial charge in [-0.25, -0.2) is 8.42 Å². The summed E-state index contributed by atoms with van der Waals surface area (Å²) in [6.07, 6.45) is 0.537. The Balaban J connectivity index is 3.27. The van der Waals surface area contributed by atoms with Gasteiger partial charge in [-0.3, -0.25) is 4.79 Å². The molecule has 0 spiro atoms. The fourth-order valence-corrected chi connectivity index (χ4v) is 6.86. The predicted octanol–water partition coefficient (Wildman–Crippen LogP) is 3.15. The van der Waals surface area contributed by atoms with Crippen LogP contribution in [0.25, 0.3) is 0 Å². The minimum atomic E-state index is -3.83. The van der Waals surface area contributed by atoms with Gasteiger partial charge in [0.05, 0.1) is 7.57 Å². The maximum Gasteiger partial charge on any atom is 0.318 e. The van der Waals surface area contributed by atoms with Crippen LogP contribution in [-0.4, -0.2) is 36.4 Å². The van der Waals surface area contributed by atoms with Gasteiger partial charge in [-0.2, -0.15) is 4.31 Å². The van der Waals surface area contributed by atoms with Crippen LogP contribution in [0.1, 0.15) is 20.3 Å². The highest BCUT2D eigenvalue weighted by molar-refractivity contribution is 9.12. The standard InChI is InChI=1S/C10H13Br2NO4S2/c1-3-6(2)13(5-9(14)15)19(16,17)7-4-8(11)18-10(7)12/h4,6H,3,5H2,1-2H3,(H,14,15). The maximum absolute atomic E-state index is 12.5. The van der Waals surface area contributed by atoms with E-state index in [1.807, 2.05) is 6.92 Å². The van der Waals surface area contributed by atoms with Crippen LogP contribution in [0.2, 0.25) is 0 Å². The summed E-state index contributed by atoms with van der Waals surface area (Å²) in [6, 6.07) is 1.09. The van der Waals surface area contributed by atoms with Gasteiger partial charge in [0.1, 0.15) is 11.4 Å². The lowest BCUT2D eigenvalue weighted by Crippen LogP contribution is -2.41. The monoisotopic (exact) mass is 433 g/mol. The zero-order valence-corrected chi connectivity index (χ0v) is 15.1. The molecular weight excluding hydrogens is 422 g/mol. The molecule has 1 aromatic heterocycles. The van der Waals surface area contributed by atoms with E-state index in [-0.39, 0.29) is 10.9 Å². The molecule has 0 saturated carbocycles. The molecule has 1 aromatic rings. The summed E-state index contributed by atoms with van der Waals surface area (Å²) in [5.74, 6) is -1.17. The molecule has 0 aliphatic heterocycles. The highest BCUT2D eigenvalue weighted by Gasteiger charge is 2.32. The minimum absolute atomic E-state index is 0.0888. The number of nitrogens with zero attached hydrogens (tertiary/aromatic N) is 1. The second-order valence-electron chi connectivity index (χ2n) is 3.89. The number of rotatable bonds is 6. The van der Waals surface area contributed by atoms with Crippen molar-refractivity contribution in [1.29, 1.82) is 0 Å². The van der Waals surface area contributed by atoms with Crippen LogP contribution < -0.4 is 0 Å². The first-order chi connectivity index (χ1) is 8.70. The number of carbonyl (C=O) groups is 1. The lowest BCUT2D eigenvalue weighted by atomic mass is 10.2. The summed E-state index contributed by atoms with van der Waals surface area (Å²) in [6.45, 7) is 2.96. The van der Waals surface area contributed by atoms with Crippen LogP contribution in [0.3, 0.4) is 0 Å². The van der Waals surface area contributed by atoms with Crippen molar-refractivity contribution in [2.45, 2.75) is 31.2 Å². The van der Waals surface area contributed by atoms with Crippen molar-refractivity contribution in [2.75, 3.05) is 6.54 Å². The molecule has 1 atom stereocenters. The minimum Gasteiger partial charge on any atom is -0.480 e. The molecule has 108 valence electrons. The van der Waals surface area contributed by atoms with E-state index in [0.29, 0.717) is 14.0 Å². The third-order valence-corrected chi connectivity index (χ3v) is 7.30. The first-order valence-electron chi connectivity index (χ1n) is 5.38. The van der Waals surface area contributed by atoms with Crippen LogP contribution >= 0.6 is 43.2 Å². The molecule has 1 heterocycles. The van der Waals surface area contributed by atoms with Gasteiger partial charge >= 0.3 is 5.97 Å². The van der Waals surface area contributed by atoms with Crippen LogP contribution in [0.15, 0.2) is 18.5 Å². The van der Waals surface area contributed by atoms with E-state index < -0.39 is 22.5 Å². The van der Waals surface area contributed by atoms with Crippen molar-refractivity contribution < 1.29 is 18.3 Å². The van der Waals surface area contributed by atoms with Crippen LogP contribution in [0, 0.1) is 0 Å². The van der Waals surface area contributed by atoms with E-state index in [9.17, 15) is 13.2 Å². The van der Waals surface area contributed by atoms with E-state index in [0.717, 1.165) is 4.31 Å². The molecule has 0 saturated heterocycles. The Hall–Kier alpha value is 0.0400. The molecule has 0 amide bonds. The second kappa shape index (κ2) is 6.66. The van der Waals surface area contributed by atoms with Crippen molar-refractivity contribution in [2.24, 2.45) is 0 Å². The molecule has 0 radical (unpaired) electrons. The van der Waals surface area contributed by atoms with Crippen molar-refractivity contribution in [3.8, 4) is 0 Å². The molecule has 1 rings (SSSR count). The fourth-order valence-electron chi connectivity index (χ4n) is 1.44. The summed E-state index contributed by atoms with van der Waals surface area (Å²) < 4.78 is 27.2. The molecule has 0 aromatic carbocycles. The topological polar surface area (TPSA) is 74.7 Å². The second-order valence-corrected chi connectivity index (χ2v) is 9.50. The third-order valence-electron chi connectivity index (χ3n) is 2.59. The van der Waals surface area contributed by atoms with Gasteiger partial charge in [-0.15, -0.1) is 11.3 Å². The average molecular weight is 435 g/mol. The number of thiophene rings is 1. The summed E-state index contributed by atoms with van der Waals surface area (Å²) in [7, 11) is -3.83. The molecule has 0 fully saturated rings. The van der Waals surface area contributed by atoms with Gasteiger partial charge in [0, 0.05) is 6.04 Å². The molecule has 9 heteroatoms. The van der Waals surface area contributed by atoms with Crippen LogP contribution in [0.4, 0.5) is 0 Å². The predicted molar refractivity (Wildman–Crippen MR) is 81.0 cm³/mol. The molecule has 0 bridgehead atoms. The van der Waals surface area contributed by atoms with Crippen molar-refractivity contribution in [1.82, 2.24) is 4.31 Å². The Morgan fingerprint density at radius 3 is 2.47 bits per heavy atom. The number of halogens is 2. The number of hydrogen-bond donors (Lipinski definition) is 1. The van der Waals surface area contributed by atoms with Gasteiger partial charge in [0.25, 0.3) is 0 Å². The number of aliphatic carboxylic acids is 1. The smallest absolute Gasteiger partial charge is 0.318 e. The summed E-state index contributed by atoms with van der Waals surface area (Å²) in [5.41, 5.74) is 0. The zero-order chi connectivity index (χ0) is 14.8. The molecule has 0 aliphatic carbocycles. The van der Waals surface area contributed by atoms with E-state index in [2.05, 4.69) is 31.9 Å².